The molecule has 0 spiro atoms. The number of rotatable bonds is 4. The van der Waals surface area contributed by atoms with Gasteiger partial charge in [0.15, 0.2) is 5.13 Å². The summed E-state index contributed by atoms with van der Waals surface area (Å²) >= 11 is 2.85. The number of aryl methyl sites for hydroxylation is 2. The molecule has 0 saturated carbocycles. The minimum Gasteiger partial charge on any atom is -0.301 e. The number of carbonyl (C=O) groups is 1. The minimum atomic E-state index is -0.0655. The van der Waals surface area contributed by atoms with Crippen molar-refractivity contribution in [1.29, 1.82) is 0 Å². The van der Waals surface area contributed by atoms with Gasteiger partial charge in [0, 0.05) is 17.0 Å². The summed E-state index contributed by atoms with van der Waals surface area (Å²) in [4.78, 5) is 20.6. The summed E-state index contributed by atoms with van der Waals surface area (Å²) in [6.07, 6.45) is 1.67. The average molecular weight is 329 g/mol. The second kappa shape index (κ2) is 6.46. The molecule has 0 bridgehead atoms. The zero-order valence-electron chi connectivity index (χ0n) is 12.3. The zero-order valence-corrected chi connectivity index (χ0v) is 13.9. The molecule has 3 aromatic rings. The average Bonchev–Trinajstić information content (AvgIpc) is 2.99. The lowest BCUT2D eigenvalue weighted by molar-refractivity contribution is -0.113. The first kappa shape index (κ1) is 15.0. The van der Waals surface area contributed by atoms with E-state index >= 15 is 0 Å². The van der Waals surface area contributed by atoms with E-state index in [1.165, 1.54) is 28.7 Å². The van der Waals surface area contributed by atoms with Crippen molar-refractivity contribution >= 4 is 45.0 Å². The number of nitrogens with one attached hydrogen (secondary N) is 1. The minimum absolute atomic E-state index is 0.0655. The number of thiazole rings is 1. The van der Waals surface area contributed by atoms with Gasteiger partial charge in [-0.15, -0.1) is 11.3 Å². The summed E-state index contributed by atoms with van der Waals surface area (Å²) in [5, 5.41) is 7.27. The molecule has 3 rings (SSSR count). The third-order valence-electron chi connectivity index (χ3n) is 3.25. The maximum absolute atomic E-state index is 11.9. The van der Waals surface area contributed by atoms with E-state index in [2.05, 4.69) is 41.3 Å². The summed E-state index contributed by atoms with van der Waals surface area (Å²) < 4.78 is 0. The zero-order chi connectivity index (χ0) is 15.5. The highest BCUT2D eigenvalue weighted by molar-refractivity contribution is 7.99. The highest BCUT2D eigenvalue weighted by atomic mass is 32.2. The van der Waals surface area contributed by atoms with Gasteiger partial charge in [0.1, 0.15) is 0 Å². The smallest absolute Gasteiger partial charge is 0.236 e. The van der Waals surface area contributed by atoms with Crippen molar-refractivity contribution in [3.05, 3.63) is 47.0 Å². The number of thioether (sulfide) groups is 1. The van der Waals surface area contributed by atoms with E-state index in [0.717, 1.165) is 21.5 Å². The Morgan fingerprint density at radius 3 is 2.95 bits per heavy atom. The third-order valence-corrected chi connectivity index (χ3v) is 4.85. The second-order valence-corrected chi connectivity index (χ2v) is 6.81. The molecule has 1 N–H and O–H groups in total. The first-order chi connectivity index (χ1) is 10.6. The molecule has 0 radical (unpaired) electrons. The van der Waals surface area contributed by atoms with Crippen molar-refractivity contribution in [3.8, 4) is 0 Å². The molecule has 112 valence electrons. The van der Waals surface area contributed by atoms with Crippen LogP contribution in [0.3, 0.4) is 0 Å². The van der Waals surface area contributed by atoms with Crippen LogP contribution in [-0.2, 0) is 4.79 Å². The van der Waals surface area contributed by atoms with Gasteiger partial charge in [0.05, 0.1) is 16.3 Å². The fourth-order valence-electron chi connectivity index (χ4n) is 2.18. The van der Waals surface area contributed by atoms with Crippen LogP contribution in [0.4, 0.5) is 5.13 Å². The molecule has 0 aliphatic heterocycles. The number of pyridine rings is 1. The standard InChI is InChI=1S/C16H15N3OS2/c1-10-4-3-5-12-11(2)8-14(19-15(10)12)22-9-13(20)18-16-17-6-7-21-16/h3-8H,9H2,1-2H3,(H,17,18,20). The lowest BCUT2D eigenvalue weighted by atomic mass is 10.1. The largest absolute Gasteiger partial charge is 0.301 e. The van der Waals surface area contributed by atoms with E-state index in [0.29, 0.717) is 10.9 Å². The predicted molar refractivity (Wildman–Crippen MR) is 92.7 cm³/mol. The van der Waals surface area contributed by atoms with Crippen LogP contribution in [0, 0.1) is 13.8 Å². The van der Waals surface area contributed by atoms with Crippen LogP contribution in [-0.4, -0.2) is 21.6 Å². The Kier molecular flexibility index (Phi) is 4.40. The van der Waals surface area contributed by atoms with Gasteiger partial charge in [-0.05, 0) is 31.0 Å². The van der Waals surface area contributed by atoms with Gasteiger partial charge in [-0.25, -0.2) is 9.97 Å². The molecule has 0 aliphatic carbocycles. The van der Waals surface area contributed by atoms with Gasteiger partial charge in [-0.3, -0.25) is 4.79 Å². The Morgan fingerprint density at radius 1 is 1.32 bits per heavy atom. The summed E-state index contributed by atoms with van der Waals surface area (Å²) in [5.41, 5.74) is 3.33. The number of para-hydroxylation sites is 1. The van der Waals surface area contributed by atoms with Crippen LogP contribution >= 0.6 is 23.1 Å². The van der Waals surface area contributed by atoms with Crippen molar-refractivity contribution in [2.24, 2.45) is 0 Å². The van der Waals surface area contributed by atoms with Crippen LogP contribution in [0.5, 0.6) is 0 Å². The Hall–Kier alpha value is -1.92. The molecule has 0 saturated heterocycles. The van der Waals surface area contributed by atoms with Gasteiger partial charge in [-0.2, -0.15) is 0 Å². The number of carbonyl (C=O) groups excluding carboxylic acids is 1. The summed E-state index contributed by atoms with van der Waals surface area (Å²) in [6, 6.07) is 8.20. The lowest BCUT2D eigenvalue weighted by Gasteiger charge is -2.08. The lowest BCUT2D eigenvalue weighted by Crippen LogP contribution is -2.13. The van der Waals surface area contributed by atoms with Crippen molar-refractivity contribution in [3.63, 3.8) is 0 Å². The fourth-order valence-corrected chi connectivity index (χ4v) is 3.50. The maximum atomic E-state index is 11.9. The number of benzene rings is 1. The molecule has 0 aliphatic rings. The molecule has 4 nitrogen and oxygen atoms in total. The van der Waals surface area contributed by atoms with Crippen molar-refractivity contribution in [1.82, 2.24) is 9.97 Å². The number of fused-ring (bicyclic) bond motifs is 1. The SMILES string of the molecule is Cc1cc(SCC(=O)Nc2nccs2)nc2c(C)cccc12. The number of aromatic nitrogens is 2. The molecule has 2 heterocycles. The summed E-state index contributed by atoms with van der Waals surface area (Å²) in [6.45, 7) is 4.13. The number of amides is 1. The molecule has 1 aromatic carbocycles. The first-order valence-electron chi connectivity index (χ1n) is 6.82. The van der Waals surface area contributed by atoms with Crippen molar-refractivity contribution < 1.29 is 4.79 Å². The molecule has 22 heavy (non-hydrogen) atoms. The monoisotopic (exact) mass is 329 g/mol. The Bertz CT molecular complexity index is 816. The molecule has 0 atom stereocenters. The molecule has 6 heteroatoms. The topological polar surface area (TPSA) is 54.9 Å². The fraction of sp³-hybridized carbons (Fsp3) is 0.188. The molecular formula is C16H15N3OS2. The number of hydrogen-bond acceptors (Lipinski definition) is 5. The normalized spacial score (nSPS) is 10.8. The maximum Gasteiger partial charge on any atom is 0.236 e. The second-order valence-electron chi connectivity index (χ2n) is 4.92. The van der Waals surface area contributed by atoms with E-state index in [1.54, 1.807) is 6.20 Å². The van der Waals surface area contributed by atoms with Crippen LogP contribution in [0.25, 0.3) is 10.9 Å². The van der Waals surface area contributed by atoms with Crippen LogP contribution < -0.4 is 5.32 Å². The van der Waals surface area contributed by atoms with Gasteiger partial charge >= 0.3 is 0 Å². The van der Waals surface area contributed by atoms with Crippen LogP contribution in [0.15, 0.2) is 40.9 Å². The van der Waals surface area contributed by atoms with Gasteiger partial charge in [0.2, 0.25) is 5.91 Å². The molecular weight excluding hydrogens is 314 g/mol. The van der Waals surface area contributed by atoms with Gasteiger partial charge in [-0.1, -0.05) is 30.0 Å². The number of nitrogens with zero attached hydrogens (tertiary/aromatic N) is 2. The molecule has 1 amide bonds. The van der Waals surface area contributed by atoms with E-state index in [4.69, 9.17) is 0 Å². The Labute approximate surface area is 137 Å². The predicted octanol–water partition coefficient (Wildman–Crippen LogP) is 4.04. The van der Waals surface area contributed by atoms with E-state index in [1.807, 2.05) is 17.5 Å². The van der Waals surface area contributed by atoms with E-state index in [9.17, 15) is 4.79 Å². The number of hydrogen-bond donors (Lipinski definition) is 1. The summed E-state index contributed by atoms with van der Waals surface area (Å²) in [7, 11) is 0. The number of anilines is 1. The van der Waals surface area contributed by atoms with Gasteiger partial charge in [0.25, 0.3) is 0 Å². The molecule has 2 aromatic heterocycles. The quantitative estimate of drug-likeness (QED) is 0.734. The Morgan fingerprint density at radius 2 is 2.18 bits per heavy atom. The van der Waals surface area contributed by atoms with Crippen molar-refractivity contribution in [2.75, 3.05) is 11.1 Å². The van der Waals surface area contributed by atoms with Crippen LogP contribution in [0.2, 0.25) is 0 Å². The van der Waals surface area contributed by atoms with Crippen molar-refractivity contribution in [2.45, 2.75) is 18.9 Å². The highest BCUT2D eigenvalue weighted by Crippen LogP contribution is 2.25. The first-order valence-corrected chi connectivity index (χ1v) is 8.69. The molecule has 0 unspecified atom stereocenters. The van der Waals surface area contributed by atoms with Crippen LogP contribution in [0.1, 0.15) is 11.1 Å². The van der Waals surface area contributed by atoms with Gasteiger partial charge < -0.3 is 5.32 Å². The molecule has 0 fully saturated rings. The summed E-state index contributed by atoms with van der Waals surface area (Å²) in [5.74, 6) is 0.257. The third kappa shape index (κ3) is 3.28. The highest BCUT2D eigenvalue weighted by Gasteiger charge is 2.09. The Balaban J connectivity index is 1.74. The van der Waals surface area contributed by atoms with E-state index in [-0.39, 0.29) is 5.91 Å². The van der Waals surface area contributed by atoms with E-state index < -0.39 is 0 Å².